The first kappa shape index (κ1) is 17.3. The van der Waals surface area contributed by atoms with E-state index < -0.39 is 5.76 Å². The normalized spacial score (nSPS) is 19.7. The van der Waals surface area contributed by atoms with E-state index in [1.165, 1.54) is 4.57 Å². The van der Waals surface area contributed by atoms with Crippen molar-refractivity contribution in [2.24, 2.45) is 0 Å². The molecule has 0 spiro atoms. The summed E-state index contributed by atoms with van der Waals surface area (Å²) in [5.41, 5.74) is 1.05. The Kier molecular flexibility index (Phi) is 4.88. The molecule has 2 atom stereocenters. The Morgan fingerprint density at radius 1 is 1.26 bits per heavy atom. The summed E-state index contributed by atoms with van der Waals surface area (Å²) in [7, 11) is 0. The zero-order valence-corrected chi connectivity index (χ0v) is 14.5. The highest BCUT2D eigenvalue weighted by atomic mass is 16.5. The second kappa shape index (κ2) is 7.63. The first-order chi connectivity index (χ1) is 13.2. The van der Waals surface area contributed by atoms with Crippen LogP contribution in [-0.2, 0) is 16.1 Å². The minimum absolute atomic E-state index is 0.122. The number of benzene rings is 1. The van der Waals surface area contributed by atoms with Gasteiger partial charge < -0.3 is 19.2 Å². The van der Waals surface area contributed by atoms with Crippen molar-refractivity contribution in [3.05, 3.63) is 59.2 Å². The molecule has 1 fully saturated rings. The first-order valence-corrected chi connectivity index (χ1v) is 8.74. The van der Waals surface area contributed by atoms with Crippen molar-refractivity contribution in [1.29, 1.82) is 0 Å². The van der Waals surface area contributed by atoms with Crippen molar-refractivity contribution in [3.63, 3.8) is 0 Å². The van der Waals surface area contributed by atoms with Gasteiger partial charge in [-0.3, -0.25) is 9.36 Å². The van der Waals surface area contributed by atoms with Gasteiger partial charge in [0.05, 0.1) is 18.2 Å². The van der Waals surface area contributed by atoms with Crippen LogP contribution in [0.4, 0.5) is 0 Å². The highest BCUT2D eigenvalue weighted by Gasteiger charge is 2.29. The van der Waals surface area contributed by atoms with Gasteiger partial charge in [-0.25, -0.2) is 9.78 Å². The molecule has 2 aromatic heterocycles. The van der Waals surface area contributed by atoms with Gasteiger partial charge in [-0.15, -0.1) is 0 Å². The van der Waals surface area contributed by atoms with Crippen molar-refractivity contribution >= 4 is 17.0 Å². The van der Waals surface area contributed by atoms with E-state index in [2.05, 4.69) is 10.3 Å². The molecule has 0 saturated carbocycles. The zero-order chi connectivity index (χ0) is 18.6. The molecule has 140 valence electrons. The molecule has 1 N–H and O–H groups in total. The van der Waals surface area contributed by atoms with Crippen molar-refractivity contribution in [2.75, 3.05) is 13.2 Å². The van der Waals surface area contributed by atoms with Gasteiger partial charge in [-0.05, 0) is 24.6 Å². The van der Waals surface area contributed by atoms with Crippen LogP contribution in [0.2, 0.25) is 0 Å². The molecule has 1 aliphatic heterocycles. The number of nitrogens with one attached hydrogen (secondary N) is 1. The molecule has 4 rings (SSSR count). The summed E-state index contributed by atoms with van der Waals surface area (Å²) in [6, 6.07) is 12.2. The Hall–Kier alpha value is -3.13. The molecule has 1 aliphatic rings. The number of fused-ring (bicyclic) bond motifs is 1. The number of oxazole rings is 1. The lowest BCUT2D eigenvalue weighted by Gasteiger charge is -2.32. The number of carbonyl (C=O) groups is 1. The maximum absolute atomic E-state index is 12.5. The smallest absolute Gasteiger partial charge is 0.420 e. The van der Waals surface area contributed by atoms with E-state index >= 15 is 0 Å². The average molecular weight is 369 g/mol. The molecule has 1 saturated heterocycles. The van der Waals surface area contributed by atoms with Gasteiger partial charge in [0, 0.05) is 18.9 Å². The Morgan fingerprint density at radius 2 is 2.11 bits per heavy atom. The molecule has 3 aromatic rings. The van der Waals surface area contributed by atoms with E-state index in [1.807, 2.05) is 6.07 Å². The number of ether oxygens (including phenoxy) is 2. The van der Waals surface area contributed by atoms with E-state index in [0.717, 1.165) is 0 Å². The van der Waals surface area contributed by atoms with Gasteiger partial charge >= 0.3 is 5.76 Å². The molecule has 3 heterocycles. The predicted octanol–water partition coefficient (Wildman–Crippen LogP) is 1.34. The molecule has 27 heavy (non-hydrogen) atoms. The van der Waals surface area contributed by atoms with E-state index in [4.69, 9.17) is 13.9 Å². The van der Waals surface area contributed by atoms with Crippen molar-refractivity contribution in [2.45, 2.75) is 25.1 Å². The quantitative estimate of drug-likeness (QED) is 0.729. The number of hydrogen-bond donors (Lipinski definition) is 1. The van der Waals surface area contributed by atoms with Gasteiger partial charge in [0.25, 0.3) is 0 Å². The molecular weight excluding hydrogens is 350 g/mol. The zero-order valence-electron chi connectivity index (χ0n) is 14.5. The maximum Gasteiger partial charge on any atom is 0.420 e. The van der Waals surface area contributed by atoms with E-state index in [9.17, 15) is 9.59 Å². The third kappa shape index (κ3) is 3.85. The Balaban J connectivity index is 1.45. The number of rotatable bonds is 5. The van der Waals surface area contributed by atoms with Gasteiger partial charge in [0.15, 0.2) is 5.58 Å². The van der Waals surface area contributed by atoms with E-state index in [-0.39, 0.29) is 24.6 Å². The molecular formula is C19H19N3O5. The van der Waals surface area contributed by atoms with Crippen LogP contribution < -0.4 is 15.8 Å². The lowest BCUT2D eigenvalue weighted by atomic mass is 10.1. The van der Waals surface area contributed by atoms with Crippen molar-refractivity contribution in [3.8, 4) is 5.88 Å². The second-order valence-electron chi connectivity index (χ2n) is 6.28. The van der Waals surface area contributed by atoms with Crippen LogP contribution in [0, 0.1) is 0 Å². The van der Waals surface area contributed by atoms with Crippen LogP contribution in [0.3, 0.4) is 0 Å². The number of hydrogen-bond acceptors (Lipinski definition) is 6. The van der Waals surface area contributed by atoms with Gasteiger partial charge in [-0.1, -0.05) is 18.2 Å². The minimum Gasteiger partial charge on any atom is -0.470 e. The summed E-state index contributed by atoms with van der Waals surface area (Å²) in [4.78, 5) is 28.7. The summed E-state index contributed by atoms with van der Waals surface area (Å²) >= 11 is 0. The standard InChI is InChI=1S/C19H19N3O5/c23-17(11-22-14-5-1-2-6-15(14)27-19(22)24)21-13-8-10-25-12-16(13)26-18-7-3-4-9-20-18/h1-7,9,13,16H,8,10-12H2,(H,21,23). The van der Waals surface area contributed by atoms with Crippen molar-refractivity contribution < 1.29 is 18.7 Å². The Bertz CT molecular complexity index is 982. The van der Waals surface area contributed by atoms with Gasteiger partial charge in [0.2, 0.25) is 11.8 Å². The summed E-state index contributed by atoms with van der Waals surface area (Å²) in [6.07, 6.45) is 1.91. The minimum atomic E-state index is -0.556. The van der Waals surface area contributed by atoms with Gasteiger partial charge in [0.1, 0.15) is 12.6 Å². The van der Waals surface area contributed by atoms with Crippen LogP contribution in [0.15, 0.2) is 57.9 Å². The molecule has 8 nitrogen and oxygen atoms in total. The highest BCUT2D eigenvalue weighted by molar-refractivity contribution is 5.79. The molecule has 0 bridgehead atoms. The lowest BCUT2D eigenvalue weighted by Crippen LogP contribution is -2.52. The number of aromatic nitrogens is 2. The number of amides is 1. The van der Waals surface area contributed by atoms with E-state index in [1.54, 1.807) is 42.6 Å². The Morgan fingerprint density at radius 3 is 2.96 bits per heavy atom. The topological polar surface area (TPSA) is 95.6 Å². The first-order valence-electron chi connectivity index (χ1n) is 8.74. The van der Waals surface area contributed by atoms with E-state index in [0.29, 0.717) is 36.6 Å². The van der Waals surface area contributed by atoms with Crippen LogP contribution in [-0.4, -0.2) is 40.8 Å². The number of pyridine rings is 1. The number of carbonyl (C=O) groups excluding carboxylic acids is 1. The van der Waals surface area contributed by atoms with Crippen molar-refractivity contribution in [1.82, 2.24) is 14.9 Å². The highest BCUT2D eigenvalue weighted by Crippen LogP contribution is 2.16. The van der Waals surface area contributed by atoms with Crippen LogP contribution in [0.25, 0.3) is 11.1 Å². The van der Waals surface area contributed by atoms with Crippen LogP contribution >= 0.6 is 0 Å². The van der Waals surface area contributed by atoms with Crippen LogP contribution in [0.5, 0.6) is 5.88 Å². The molecule has 1 aromatic carbocycles. The second-order valence-corrected chi connectivity index (χ2v) is 6.28. The third-order valence-electron chi connectivity index (χ3n) is 4.44. The third-order valence-corrected chi connectivity index (χ3v) is 4.44. The SMILES string of the molecule is O=C(Cn1c(=O)oc2ccccc21)NC1CCOCC1Oc1ccccn1. The average Bonchev–Trinajstić information content (AvgIpc) is 2.99. The number of nitrogens with zero attached hydrogens (tertiary/aromatic N) is 2. The molecule has 8 heteroatoms. The predicted molar refractivity (Wildman–Crippen MR) is 96.5 cm³/mol. The molecule has 1 amide bonds. The summed E-state index contributed by atoms with van der Waals surface area (Å²) in [6.45, 7) is 0.765. The lowest BCUT2D eigenvalue weighted by molar-refractivity contribution is -0.124. The van der Waals surface area contributed by atoms with Crippen LogP contribution in [0.1, 0.15) is 6.42 Å². The molecule has 0 radical (unpaired) electrons. The maximum atomic E-state index is 12.5. The molecule has 2 unspecified atom stereocenters. The summed E-state index contributed by atoms with van der Waals surface area (Å²) < 4.78 is 17.8. The monoisotopic (exact) mass is 369 g/mol. The fraction of sp³-hybridized carbons (Fsp3) is 0.316. The largest absolute Gasteiger partial charge is 0.470 e. The summed E-state index contributed by atoms with van der Waals surface area (Å²) in [5.74, 6) is -0.367. The summed E-state index contributed by atoms with van der Waals surface area (Å²) in [5, 5.41) is 2.95. The molecule has 0 aliphatic carbocycles. The van der Waals surface area contributed by atoms with Gasteiger partial charge in [-0.2, -0.15) is 0 Å². The Labute approximate surface area is 154 Å². The fourth-order valence-corrected chi connectivity index (χ4v) is 3.12. The number of para-hydroxylation sites is 2. The fourth-order valence-electron chi connectivity index (χ4n) is 3.12.